The highest BCUT2D eigenvalue weighted by Crippen LogP contribution is 2.40. The molecule has 4 heterocycles. The van der Waals surface area contributed by atoms with Gasteiger partial charge in [-0.1, -0.05) is 6.92 Å². The fourth-order valence-electron chi connectivity index (χ4n) is 5.77. The molecule has 7 unspecified atom stereocenters. The summed E-state index contributed by atoms with van der Waals surface area (Å²) in [6.45, 7) is 2.55. The lowest BCUT2D eigenvalue weighted by Gasteiger charge is -2.42. The Morgan fingerprint density at radius 1 is 1.24 bits per heavy atom. The number of carbonyl (C=O) groups excluding carboxylic acids is 1. The highest BCUT2D eigenvalue weighted by molar-refractivity contribution is 5.87. The molecule has 4 aliphatic heterocycles. The van der Waals surface area contributed by atoms with Gasteiger partial charge in [-0.3, -0.25) is 14.8 Å². The first-order chi connectivity index (χ1) is 15.5. The number of alkyl halides is 5. The summed E-state index contributed by atoms with van der Waals surface area (Å²) in [6, 6.07) is -0.873. The van der Waals surface area contributed by atoms with E-state index in [2.05, 4.69) is 15.4 Å². The molecule has 0 radical (unpaired) electrons. The van der Waals surface area contributed by atoms with Gasteiger partial charge < -0.3 is 15.0 Å². The first-order valence-electron chi connectivity index (χ1n) is 11.4. The average Bonchev–Trinajstić information content (AvgIpc) is 3.27. The Morgan fingerprint density at radius 3 is 2.70 bits per heavy atom. The summed E-state index contributed by atoms with van der Waals surface area (Å²) in [5.41, 5.74) is 0. The van der Waals surface area contributed by atoms with Crippen molar-refractivity contribution in [3.63, 3.8) is 0 Å². The summed E-state index contributed by atoms with van der Waals surface area (Å²) in [5, 5.41) is 8.41. The van der Waals surface area contributed by atoms with Crippen molar-refractivity contribution in [1.29, 1.82) is 0 Å². The van der Waals surface area contributed by atoms with Gasteiger partial charge >= 0.3 is 6.18 Å². The normalized spacial score (nSPS) is 39.1. The maximum atomic E-state index is 13.3. The van der Waals surface area contributed by atoms with Gasteiger partial charge in [0, 0.05) is 36.5 Å². The molecule has 7 nitrogen and oxygen atoms in total. The van der Waals surface area contributed by atoms with Crippen molar-refractivity contribution in [2.45, 2.75) is 69.6 Å². The Hall–Kier alpha value is -1.82. The van der Waals surface area contributed by atoms with Gasteiger partial charge in [-0.2, -0.15) is 18.3 Å². The van der Waals surface area contributed by atoms with E-state index in [-0.39, 0.29) is 54.4 Å². The number of likely N-dealkylation sites (tertiary alicyclic amines) is 1. The SMILES string of the molecule is CC1CC(C2C=NCC(OCC(F)F)C2)NC2C1C(=O)N(C1C=NN(CC(F)(F)F)C1)[C@H]2C. The minimum absolute atomic E-state index is 0.00325. The molecule has 0 aliphatic carbocycles. The van der Waals surface area contributed by atoms with Crippen LogP contribution in [0, 0.1) is 17.8 Å². The number of carbonyl (C=O) groups is 1. The molecule has 0 aromatic carbocycles. The van der Waals surface area contributed by atoms with Gasteiger partial charge in [0.2, 0.25) is 5.91 Å². The number of ether oxygens (including phenoxy) is 1. The number of halogens is 5. The summed E-state index contributed by atoms with van der Waals surface area (Å²) in [5.74, 6) is -0.280. The van der Waals surface area contributed by atoms with Gasteiger partial charge in [0.25, 0.3) is 6.43 Å². The van der Waals surface area contributed by atoms with Gasteiger partial charge in [-0.25, -0.2) is 8.78 Å². The smallest absolute Gasteiger partial charge is 0.370 e. The van der Waals surface area contributed by atoms with E-state index in [9.17, 15) is 26.7 Å². The summed E-state index contributed by atoms with van der Waals surface area (Å²) < 4.78 is 68.5. The van der Waals surface area contributed by atoms with E-state index in [1.807, 2.05) is 20.1 Å². The number of fused-ring (bicyclic) bond motifs is 1. The topological polar surface area (TPSA) is 69.5 Å². The lowest BCUT2D eigenvalue weighted by molar-refractivity contribution is -0.146. The molecule has 0 bridgehead atoms. The van der Waals surface area contributed by atoms with Gasteiger partial charge in [0.05, 0.1) is 31.2 Å². The first-order valence-corrected chi connectivity index (χ1v) is 11.4. The molecule has 186 valence electrons. The Bertz CT molecular complexity index is 779. The Labute approximate surface area is 189 Å². The Morgan fingerprint density at radius 2 is 2.00 bits per heavy atom. The van der Waals surface area contributed by atoms with E-state index in [1.54, 1.807) is 4.90 Å². The minimum Gasteiger partial charge on any atom is -0.370 e. The van der Waals surface area contributed by atoms with Crippen LogP contribution in [0.4, 0.5) is 22.0 Å². The van der Waals surface area contributed by atoms with Crippen molar-refractivity contribution < 1.29 is 31.5 Å². The van der Waals surface area contributed by atoms with Crippen LogP contribution in [0.3, 0.4) is 0 Å². The maximum absolute atomic E-state index is 13.3. The summed E-state index contributed by atoms with van der Waals surface area (Å²) >= 11 is 0. The van der Waals surface area contributed by atoms with Crippen LogP contribution in [-0.2, 0) is 9.53 Å². The Kier molecular flexibility index (Phi) is 6.95. The standard InChI is InChI=1S/C21H30F5N5O2/c1-11-3-16(13-4-15(7-27-5-13)33-9-17(22)23)29-19-12(2)31(20(32)18(11)19)14-6-28-30(8-14)10-21(24,25)26/h5-6,11-19,29H,3-4,7-10H2,1-2H3/t11?,12-,13?,14?,15?,16?,18?,19?/m0/s1. The van der Waals surface area contributed by atoms with Crippen molar-refractivity contribution in [3.05, 3.63) is 0 Å². The van der Waals surface area contributed by atoms with Crippen LogP contribution in [0.2, 0.25) is 0 Å². The average molecular weight is 479 g/mol. The number of hydrogen-bond donors (Lipinski definition) is 1. The van der Waals surface area contributed by atoms with Crippen molar-refractivity contribution >= 4 is 18.3 Å². The molecule has 12 heteroatoms. The monoisotopic (exact) mass is 479 g/mol. The lowest BCUT2D eigenvalue weighted by Crippen LogP contribution is -2.57. The summed E-state index contributed by atoms with van der Waals surface area (Å²) in [7, 11) is 0. The third kappa shape index (κ3) is 5.31. The molecule has 0 spiro atoms. The second-order valence-electron chi connectivity index (χ2n) is 9.58. The molecule has 2 saturated heterocycles. The second kappa shape index (κ2) is 9.44. The van der Waals surface area contributed by atoms with Gasteiger partial charge in [-0.15, -0.1) is 0 Å². The maximum Gasteiger partial charge on any atom is 0.407 e. The van der Waals surface area contributed by atoms with Crippen LogP contribution < -0.4 is 5.32 Å². The van der Waals surface area contributed by atoms with E-state index in [0.717, 1.165) is 5.01 Å². The van der Waals surface area contributed by atoms with E-state index >= 15 is 0 Å². The van der Waals surface area contributed by atoms with Gasteiger partial charge in [0.15, 0.2) is 0 Å². The number of hydrazone groups is 1. The van der Waals surface area contributed by atoms with Gasteiger partial charge in [0.1, 0.15) is 13.2 Å². The molecule has 0 aromatic rings. The highest BCUT2D eigenvalue weighted by atomic mass is 19.4. The molecule has 0 aromatic heterocycles. The predicted octanol–water partition coefficient (Wildman–Crippen LogP) is 2.17. The van der Waals surface area contributed by atoms with Crippen molar-refractivity contribution in [1.82, 2.24) is 15.2 Å². The van der Waals surface area contributed by atoms with Crippen molar-refractivity contribution in [2.75, 3.05) is 26.2 Å². The fourth-order valence-corrected chi connectivity index (χ4v) is 5.77. The number of rotatable bonds is 6. The minimum atomic E-state index is -4.36. The number of aliphatic imine (C=N–C) groups is 1. The summed E-state index contributed by atoms with van der Waals surface area (Å²) in [4.78, 5) is 19.3. The quantitative estimate of drug-likeness (QED) is 0.593. The number of nitrogens with one attached hydrogen (secondary N) is 1. The van der Waals surface area contributed by atoms with Crippen molar-refractivity contribution in [3.8, 4) is 0 Å². The van der Waals surface area contributed by atoms with E-state index in [0.29, 0.717) is 19.4 Å². The third-order valence-electron chi connectivity index (χ3n) is 7.16. The number of nitrogens with zero attached hydrogens (tertiary/aromatic N) is 4. The zero-order chi connectivity index (χ0) is 23.9. The van der Waals surface area contributed by atoms with Crippen molar-refractivity contribution in [2.24, 2.45) is 27.8 Å². The van der Waals surface area contributed by atoms with E-state index < -0.39 is 31.8 Å². The van der Waals surface area contributed by atoms with Crippen LogP contribution in [-0.4, -0.2) is 97.4 Å². The molecule has 0 saturated carbocycles. The molecule has 2 fully saturated rings. The fraction of sp³-hybridized carbons (Fsp3) is 0.857. The molecule has 1 amide bonds. The zero-order valence-electron chi connectivity index (χ0n) is 18.6. The zero-order valence-corrected chi connectivity index (χ0v) is 18.6. The largest absolute Gasteiger partial charge is 0.407 e. The number of hydrogen-bond acceptors (Lipinski definition) is 6. The van der Waals surface area contributed by atoms with Crippen LogP contribution >= 0.6 is 0 Å². The van der Waals surface area contributed by atoms with E-state index in [1.165, 1.54) is 6.21 Å². The highest BCUT2D eigenvalue weighted by Gasteiger charge is 2.54. The second-order valence-corrected chi connectivity index (χ2v) is 9.58. The molecule has 1 N–H and O–H groups in total. The lowest BCUT2D eigenvalue weighted by atomic mass is 9.75. The van der Waals surface area contributed by atoms with Crippen LogP contribution in [0.5, 0.6) is 0 Å². The van der Waals surface area contributed by atoms with Crippen LogP contribution in [0.1, 0.15) is 26.7 Å². The van der Waals surface area contributed by atoms with Crippen LogP contribution in [0.25, 0.3) is 0 Å². The molecule has 33 heavy (non-hydrogen) atoms. The molecule has 8 atom stereocenters. The number of piperidine rings is 1. The Balaban J connectivity index is 1.41. The van der Waals surface area contributed by atoms with Gasteiger partial charge in [-0.05, 0) is 25.7 Å². The predicted molar refractivity (Wildman–Crippen MR) is 111 cm³/mol. The first kappa shape index (κ1) is 24.3. The molecule has 4 rings (SSSR count). The van der Waals surface area contributed by atoms with E-state index in [4.69, 9.17) is 4.74 Å². The number of amides is 1. The van der Waals surface area contributed by atoms with Crippen LogP contribution in [0.15, 0.2) is 10.1 Å². The summed E-state index contributed by atoms with van der Waals surface area (Å²) in [6.07, 6.45) is -2.68. The third-order valence-corrected chi connectivity index (χ3v) is 7.16. The molecular formula is C21H30F5N5O2. The molecule has 4 aliphatic rings. The molecular weight excluding hydrogens is 449 g/mol.